The number of fused-ring (bicyclic) bond motifs is 1. The standard InChI is InChI=1S/C21H27NO2/c1-15(13-20(23)24)7-6-8-16(2)17-9-10-19-18(14-17)21(3,4)11-12-22(19)5/h6-10,13-14H,11-12H2,1-5H3,(H,23,24)/b7-6+,15-13+,16-8+. The highest BCUT2D eigenvalue weighted by molar-refractivity contribution is 5.81. The quantitative estimate of drug-likeness (QED) is 0.639. The number of carbonyl (C=O) groups is 1. The normalized spacial score (nSPS) is 18.0. The minimum absolute atomic E-state index is 0.189. The average molecular weight is 325 g/mol. The minimum Gasteiger partial charge on any atom is -0.478 e. The minimum atomic E-state index is -0.918. The first-order chi connectivity index (χ1) is 11.2. The van der Waals surface area contributed by atoms with E-state index in [1.165, 1.54) is 28.5 Å². The third kappa shape index (κ3) is 4.16. The second-order valence-corrected chi connectivity index (χ2v) is 7.22. The summed E-state index contributed by atoms with van der Waals surface area (Å²) in [5, 5.41) is 8.72. The topological polar surface area (TPSA) is 40.5 Å². The van der Waals surface area contributed by atoms with E-state index in [-0.39, 0.29) is 5.41 Å². The van der Waals surface area contributed by atoms with Crippen molar-refractivity contribution in [2.75, 3.05) is 18.5 Å². The molecule has 128 valence electrons. The largest absolute Gasteiger partial charge is 0.478 e. The summed E-state index contributed by atoms with van der Waals surface area (Å²) >= 11 is 0. The van der Waals surface area contributed by atoms with Crippen LogP contribution in [-0.2, 0) is 10.2 Å². The van der Waals surface area contributed by atoms with Crippen molar-refractivity contribution >= 4 is 17.2 Å². The van der Waals surface area contributed by atoms with Gasteiger partial charge in [-0.05, 0) is 60.1 Å². The van der Waals surface area contributed by atoms with Crippen LogP contribution in [0.15, 0.2) is 48.1 Å². The lowest BCUT2D eigenvalue weighted by Crippen LogP contribution is -2.34. The third-order valence-electron chi connectivity index (χ3n) is 4.72. The molecule has 1 aliphatic rings. The molecular weight excluding hydrogens is 298 g/mol. The number of benzene rings is 1. The number of aliphatic carboxylic acids is 1. The van der Waals surface area contributed by atoms with Gasteiger partial charge in [0, 0.05) is 25.4 Å². The van der Waals surface area contributed by atoms with Crippen LogP contribution in [0, 0.1) is 0 Å². The van der Waals surface area contributed by atoms with Gasteiger partial charge in [0.05, 0.1) is 0 Å². The van der Waals surface area contributed by atoms with Crippen LogP contribution >= 0.6 is 0 Å². The molecule has 0 aliphatic carbocycles. The van der Waals surface area contributed by atoms with E-state index in [1.54, 1.807) is 6.92 Å². The molecule has 0 saturated heterocycles. The third-order valence-corrected chi connectivity index (χ3v) is 4.72. The van der Waals surface area contributed by atoms with Gasteiger partial charge in [0.25, 0.3) is 0 Å². The molecule has 0 spiro atoms. The van der Waals surface area contributed by atoms with Crippen LogP contribution in [-0.4, -0.2) is 24.7 Å². The maximum Gasteiger partial charge on any atom is 0.328 e. The Labute approximate surface area is 145 Å². The van der Waals surface area contributed by atoms with Crippen molar-refractivity contribution in [3.05, 3.63) is 59.2 Å². The van der Waals surface area contributed by atoms with E-state index in [0.717, 1.165) is 18.5 Å². The second-order valence-electron chi connectivity index (χ2n) is 7.22. The van der Waals surface area contributed by atoms with Crippen LogP contribution in [0.1, 0.15) is 45.2 Å². The molecule has 0 atom stereocenters. The average Bonchev–Trinajstić information content (AvgIpc) is 2.50. The first kappa shape index (κ1) is 18.1. The molecule has 0 radical (unpaired) electrons. The second kappa shape index (κ2) is 7.08. The molecule has 1 heterocycles. The lowest BCUT2D eigenvalue weighted by atomic mass is 9.77. The van der Waals surface area contributed by atoms with Gasteiger partial charge < -0.3 is 10.0 Å². The Kier molecular flexibility index (Phi) is 5.33. The molecule has 3 heteroatoms. The van der Waals surface area contributed by atoms with Gasteiger partial charge in [0.1, 0.15) is 0 Å². The number of carboxylic acid groups (broad SMARTS) is 1. The van der Waals surface area contributed by atoms with Gasteiger partial charge in [0.15, 0.2) is 0 Å². The molecule has 0 unspecified atom stereocenters. The van der Waals surface area contributed by atoms with Crippen LogP contribution < -0.4 is 4.90 Å². The SMILES string of the molecule is CC(/C=C/C=C(\C)c1ccc2c(c1)C(C)(C)CCN2C)=C\C(=O)O. The Morgan fingerprint density at radius 2 is 2.00 bits per heavy atom. The van der Waals surface area contributed by atoms with Gasteiger partial charge in [-0.1, -0.05) is 38.1 Å². The smallest absolute Gasteiger partial charge is 0.328 e. The fraction of sp³-hybridized carbons (Fsp3) is 0.381. The van der Waals surface area contributed by atoms with E-state index in [1.807, 2.05) is 18.2 Å². The van der Waals surface area contributed by atoms with E-state index in [2.05, 4.69) is 50.9 Å². The maximum absolute atomic E-state index is 10.6. The molecule has 24 heavy (non-hydrogen) atoms. The number of hydrogen-bond donors (Lipinski definition) is 1. The number of hydrogen-bond acceptors (Lipinski definition) is 2. The van der Waals surface area contributed by atoms with Crippen molar-refractivity contribution in [3.63, 3.8) is 0 Å². The summed E-state index contributed by atoms with van der Waals surface area (Å²) < 4.78 is 0. The van der Waals surface area contributed by atoms with Crippen molar-refractivity contribution in [1.29, 1.82) is 0 Å². The molecule has 0 aromatic heterocycles. The lowest BCUT2D eigenvalue weighted by Gasteiger charge is -2.38. The Balaban J connectivity index is 2.28. The summed E-state index contributed by atoms with van der Waals surface area (Å²) in [4.78, 5) is 12.9. The van der Waals surface area contributed by atoms with Crippen LogP contribution in [0.25, 0.3) is 5.57 Å². The molecule has 1 aromatic carbocycles. The van der Waals surface area contributed by atoms with E-state index in [9.17, 15) is 4.79 Å². The van der Waals surface area contributed by atoms with Crippen molar-refractivity contribution < 1.29 is 9.90 Å². The lowest BCUT2D eigenvalue weighted by molar-refractivity contribution is -0.131. The molecule has 3 nitrogen and oxygen atoms in total. The van der Waals surface area contributed by atoms with E-state index < -0.39 is 5.97 Å². The summed E-state index contributed by atoms with van der Waals surface area (Å²) in [6, 6.07) is 6.67. The molecule has 1 N–H and O–H groups in total. The van der Waals surface area contributed by atoms with Gasteiger partial charge in [0.2, 0.25) is 0 Å². The van der Waals surface area contributed by atoms with Crippen LogP contribution in [0.4, 0.5) is 5.69 Å². The van der Waals surface area contributed by atoms with Gasteiger partial charge in [-0.15, -0.1) is 0 Å². The summed E-state index contributed by atoms with van der Waals surface area (Å²) in [7, 11) is 2.15. The zero-order chi connectivity index (χ0) is 17.9. The molecule has 1 aromatic rings. The summed E-state index contributed by atoms with van der Waals surface area (Å²) in [5.74, 6) is -0.918. The molecular formula is C21H27NO2. The van der Waals surface area contributed by atoms with Gasteiger partial charge >= 0.3 is 5.97 Å². The van der Waals surface area contributed by atoms with Crippen molar-refractivity contribution in [3.8, 4) is 0 Å². The summed E-state index contributed by atoms with van der Waals surface area (Å²) in [5.41, 5.74) is 6.00. The Morgan fingerprint density at radius 1 is 1.29 bits per heavy atom. The molecule has 1 aliphatic heterocycles. The number of nitrogens with zero attached hydrogens (tertiary/aromatic N) is 1. The van der Waals surface area contributed by atoms with Crippen LogP contribution in [0.5, 0.6) is 0 Å². The highest BCUT2D eigenvalue weighted by Gasteiger charge is 2.29. The predicted molar refractivity (Wildman–Crippen MR) is 102 cm³/mol. The fourth-order valence-electron chi connectivity index (χ4n) is 3.04. The van der Waals surface area contributed by atoms with Gasteiger partial charge in [-0.3, -0.25) is 0 Å². The van der Waals surface area contributed by atoms with E-state index in [0.29, 0.717) is 0 Å². The molecule has 0 amide bonds. The first-order valence-electron chi connectivity index (χ1n) is 8.33. The number of allylic oxidation sites excluding steroid dienone is 5. The van der Waals surface area contributed by atoms with Crippen molar-refractivity contribution in [2.24, 2.45) is 0 Å². The Morgan fingerprint density at radius 3 is 2.67 bits per heavy atom. The highest BCUT2D eigenvalue weighted by atomic mass is 16.4. The van der Waals surface area contributed by atoms with Crippen molar-refractivity contribution in [2.45, 2.75) is 39.5 Å². The first-order valence-corrected chi connectivity index (χ1v) is 8.33. The number of rotatable bonds is 4. The summed E-state index contributed by atoms with van der Waals surface area (Å²) in [6.45, 7) is 9.57. The maximum atomic E-state index is 10.6. The fourth-order valence-corrected chi connectivity index (χ4v) is 3.04. The zero-order valence-electron chi connectivity index (χ0n) is 15.3. The van der Waals surface area contributed by atoms with Gasteiger partial charge in [-0.2, -0.15) is 0 Å². The van der Waals surface area contributed by atoms with Crippen LogP contribution in [0.2, 0.25) is 0 Å². The van der Waals surface area contributed by atoms with Crippen LogP contribution in [0.3, 0.4) is 0 Å². The zero-order valence-corrected chi connectivity index (χ0v) is 15.3. The molecule has 0 fully saturated rings. The van der Waals surface area contributed by atoms with Crippen molar-refractivity contribution in [1.82, 2.24) is 0 Å². The predicted octanol–water partition coefficient (Wildman–Crippen LogP) is 4.79. The summed E-state index contributed by atoms with van der Waals surface area (Å²) in [6.07, 6.45) is 8.10. The van der Waals surface area contributed by atoms with E-state index in [4.69, 9.17) is 5.11 Å². The Hall–Kier alpha value is -2.29. The molecule has 2 rings (SSSR count). The van der Waals surface area contributed by atoms with Gasteiger partial charge in [-0.25, -0.2) is 4.79 Å². The number of carboxylic acids is 1. The van der Waals surface area contributed by atoms with E-state index >= 15 is 0 Å². The monoisotopic (exact) mass is 325 g/mol. The molecule has 0 bridgehead atoms. The highest BCUT2D eigenvalue weighted by Crippen LogP contribution is 2.40. The Bertz CT molecular complexity index is 723. The number of anilines is 1. The molecule has 0 saturated carbocycles.